The third-order valence-electron chi connectivity index (χ3n) is 2.32. The maximum absolute atomic E-state index is 2.38. The van der Waals surface area contributed by atoms with Crippen molar-refractivity contribution in [2.45, 2.75) is 53.9 Å². The molecule has 0 aromatic rings. The Labute approximate surface area is 78.8 Å². The van der Waals surface area contributed by atoms with Crippen molar-refractivity contribution in [2.75, 3.05) is 0 Å². The van der Waals surface area contributed by atoms with Gasteiger partial charge in [0.1, 0.15) is 0 Å². The molecular formula is C12H25+. The van der Waals surface area contributed by atoms with E-state index in [9.17, 15) is 0 Å². The molecule has 2 unspecified atom stereocenters. The summed E-state index contributed by atoms with van der Waals surface area (Å²) in [7, 11) is 0. The molecule has 0 heterocycles. The van der Waals surface area contributed by atoms with Crippen molar-refractivity contribution in [3.63, 3.8) is 0 Å². The molecule has 2 atom stereocenters. The molecule has 0 aliphatic heterocycles. The minimum absolute atomic E-state index is 0.859. The Hall–Kier alpha value is -0.130. The lowest BCUT2D eigenvalue weighted by Gasteiger charge is -2.16. The highest BCUT2D eigenvalue weighted by Gasteiger charge is 2.11. The second kappa shape index (κ2) is 6.39. The third-order valence-corrected chi connectivity index (χ3v) is 2.32. The van der Waals surface area contributed by atoms with Crippen molar-refractivity contribution in [1.29, 1.82) is 0 Å². The van der Waals surface area contributed by atoms with Crippen molar-refractivity contribution in [2.24, 2.45) is 17.8 Å². The molecule has 0 fully saturated rings. The lowest BCUT2D eigenvalue weighted by Crippen LogP contribution is -2.05. The molecule has 0 aromatic carbocycles. The van der Waals surface area contributed by atoms with Gasteiger partial charge in [-0.05, 0) is 30.6 Å². The zero-order chi connectivity index (χ0) is 9.56. The maximum atomic E-state index is 2.38. The lowest BCUT2D eigenvalue weighted by molar-refractivity contribution is 0.352. The Morgan fingerprint density at radius 2 is 1.50 bits per heavy atom. The highest BCUT2D eigenvalue weighted by atomic mass is 14.1. The van der Waals surface area contributed by atoms with Crippen molar-refractivity contribution in [1.82, 2.24) is 0 Å². The van der Waals surface area contributed by atoms with E-state index in [0.717, 1.165) is 17.8 Å². The van der Waals surface area contributed by atoms with Gasteiger partial charge in [0, 0.05) is 0 Å². The van der Waals surface area contributed by atoms with Gasteiger partial charge in [0.15, 0.2) is 0 Å². The van der Waals surface area contributed by atoms with E-state index in [1.165, 1.54) is 19.3 Å². The fraction of sp³-hybridized carbons (Fsp3) is 0.917. The average Bonchev–Trinajstić information content (AvgIpc) is 1.84. The Bertz CT molecular complexity index is 94.2. The second-order valence-corrected chi connectivity index (χ2v) is 4.72. The quantitative estimate of drug-likeness (QED) is 0.520. The van der Waals surface area contributed by atoms with Crippen LogP contribution in [-0.2, 0) is 0 Å². The molecule has 0 aromatic heterocycles. The van der Waals surface area contributed by atoms with Crippen molar-refractivity contribution in [3.8, 4) is 0 Å². The van der Waals surface area contributed by atoms with E-state index in [2.05, 4.69) is 41.0 Å². The fourth-order valence-corrected chi connectivity index (χ4v) is 2.09. The molecule has 12 heavy (non-hydrogen) atoms. The van der Waals surface area contributed by atoms with Crippen LogP contribution in [-0.4, -0.2) is 0 Å². The predicted molar refractivity (Wildman–Crippen MR) is 57.0 cm³/mol. The molecule has 0 rings (SSSR count). The third kappa shape index (κ3) is 6.57. The molecule has 0 N–H and O–H groups in total. The van der Waals surface area contributed by atoms with Gasteiger partial charge in [-0.1, -0.05) is 27.7 Å². The Morgan fingerprint density at radius 3 is 1.92 bits per heavy atom. The summed E-state index contributed by atoms with van der Waals surface area (Å²) >= 11 is 0. The van der Waals surface area contributed by atoms with E-state index in [1.54, 1.807) is 0 Å². The first kappa shape index (κ1) is 11.9. The van der Waals surface area contributed by atoms with E-state index in [1.807, 2.05) is 0 Å². The molecule has 0 nitrogen and oxygen atoms in total. The van der Waals surface area contributed by atoms with Gasteiger partial charge >= 0.3 is 0 Å². The molecule has 72 valence electrons. The average molecular weight is 169 g/mol. The zero-order valence-electron chi connectivity index (χ0n) is 9.43. The first-order valence-corrected chi connectivity index (χ1v) is 5.34. The first-order valence-electron chi connectivity index (χ1n) is 5.34. The largest absolute Gasteiger partial charge is 0.0897 e. The van der Waals surface area contributed by atoms with Crippen LogP contribution in [0.25, 0.3) is 0 Å². The molecular weight excluding hydrogens is 144 g/mol. The van der Waals surface area contributed by atoms with Gasteiger partial charge in [-0.15, -0.1) is 0 Å². The summed E-state index contributed by atoms with van der Waals surface area (Å²) in [6.07, 6.45) is 6.34. The summed E-state index contributed by atoms with van der Waals surface area (Å²) in [6.45, 7) is 11.5. The van der Waals surface area contributed by atoms with Crippen LogP contribution in [0, 0.1) is 24.2 Å². The second-order valence-electron chi connectivity index (χ2n) is 4.72. The summed E-state index contributed by atoms with van der Waals surface area (Å²) in [5.41, 5.74) is 0. The van der Waals surface area contributed by atoms with E-state index in [4.69, 9.17) is 0 Å². The number of rotatable bonds is 6. The van der Waals surface area contributed by atoms with Crippen LogP contribution in [0.15, 0.2) is 0 Å². The van der Waals surface area contributed by atoms with Crippen LogP contribution >= 0.6 is 0 Å². The Morgan fingerprint density at radius 1 is 0.917 bits per heavy atom. The van der Waals surface area contributed by atoms with Gasteiger partial charge in [-0.25, -0.2) is 0 Å². The van der Waals surface area contributed by atoms with Gasteiger partial charge in [0.25, 0.3) is 0 Å². The first-order chi connectivity index (χ1) is 5.56. The standard InChI is InChI=1S/C12H25/c1-6-7-11(4)9-12(5)8-10(2)3/h6,10-12H,7-9H2,1-5H3/q+1. The molecule has 0 heteroatoms. The number of hydrogen-bond acceptors (Lipinski definition) is 0. The molecule has 0 radical (unpaired) electrons. The monoisotopic (exact) mass is 169 g/mol. The van der Waals surface area contributed by atoms with E-state index >= 15 is 0 Å². The highest BCUT2D eigenvalue weighted by molar-refractivity contribution is 4.66. The van der Waals surface area contributed by atoms with Crippen LogP contribution in [0.4, 0.5) is 0 Å². The summed E-state index contributed by atoms with van der Waals surface area (Å²) < 4.78 is 0. The summed E-state index contributed by atoms with van der Waals surface area (Å²) in [5, 5.41) is 0. The summed E-state index contributed by atoms with van der Waals surface area (Å²) in [5.74, 6) is 2.64. The Kier molecular flexibility index (Phi) is 6.32. The van der Waals surface area contributed by atoms with Gasteiger partial charge in [-0.3, -0.25) is 0 Å². The molecule has 0 saturated heterocycles. The van der Waals surface area contributed by atoms with Gasteiger partial charge in [-0.2, -0.15) is 0 Å². The van der Waals surface area contributed by atoms with Crippen LogP contribution < -0.4 is 0 Å². The van der Waals surface area contributed by atoms with E-state index in [-0.39, 0.29) is 0 Å². The van der Waals surface area contributed by atoms with Crippen LogP contribution in [0.3, 0.4) is 0 Å². The number of hydrogen-bond donors (Lipinski definition) is 0. The molecule has 0 amide bonds. The fourth-order valence-electron chi connectivity index (χ4n) is 2.09. The smallest absolute Gasteiger partial charge is 0.0628 e. The van der Waals surface area contributed by atoms with E-state index in [0.29, 0.717) is 0 Å². The minimum atomic E-state index is 0.859. The van der Waals surface area contributed by atoms with Crippen LogP contribution in [0.2, 0.25) is 0 Å². The van der Waals surface area contributed by atoms with Gasteiger partial charge < -0.3 is 0 Å². The summed E-state index contributed by atoms with van der Waals surface area (Å²) in [4.78, 5) is 0. The highest BCUT2D eigenvalue weighted by Crippen LogP contribution is 2.21. The molecule has 0 bridgehead atoms. The molecule has 0 aliphatic rings. The SMILES string of the molecule is C[CH+]CC(C)CC(C)CC(C)C. The van der Waals surface area contributed by atoms with Crippen molar-refractivity contribution < 1.29 is 0 Å². The molecule has 0 spiro atoms. The van der Waals surface area contributed by atoms with Crippen LogP contribution in [0.5, 0.6) is 0 Å². The van der Waals surface area contributed by atoms with Gasteiger partial charge in [0.2, 0.25) is 0 Å². The topological polar surface area (TPSA) is 0 Å². The predicted octanol–water partition coefficient (Wildman–Crippen LogP) is 4.31. The van der Waals surface area contributed by atoms with Crippen LogP contribution in [0.1, 0.15) is 53.9 Å². The van der Waals surface area contributed by atoms with Crippen molar-refractivity contribution >= 4 is 0 Å². The summed E-state index contributed by atoms with van der Waals surface area (Å²) in [6, 6.07) is 0. The Balaban J connectivity index is 3.46. The van der Waals surface area contributed by atoms with Crippen molar-refractivity contribution in [3.05, 3.63) is 6.42 Å². The van der Waals surface area contributed by atoms with E-state index < -0.39 is 0 Å². The lowest BCUT2D eigenvalue weighted by atomic mass is 9.88. The molecule has 0 saturated carbocycles. The normalized spacial score (nSPS) is 16.2. The maximum Gasteiger partial charge on any atom is 0.0897 e. The zero-order valence-corrected chi connectivity index (χ0v) is 9.43. The van der Waals surface area contributed by atoms with Gasteiger partial charge in [0.05, 0.1) is 19.8 Å². The minimum Gasteiger partial charge on any atom is -0.0628 e. The molecule has 0 aliphatic carbocycles.